The number of benzene rings is 1. The molecule has 1 fully saturated rings. The highest BCUT2D eigenvalue weighted by atomic mass is 16.4. The fourth-order valence-electron chi connectivity index (χ4n) is 2.89. The summed E-state index contributed by atoms with van der Waals surface area (Å²) in [5.41, 5.74) is 1.07. The number of urea groups is 1. The Morgan fingerprint density at radius 2 is 1.84 bits per heavy atom. The number of nitrogens with zero attached hydrogens (tertiary/aromatic N) is 2. The third-order valence-electron chi connectivity index (χ3n) is 4.45. The van der Waals surface area contributed by atoms with Crippen molar-refractivity contribution in [1.82, 2.24) is 15.1 Å². The van der Waals surface area contributed by atoms with E-state index < -0.39 is 12.0 Å². The van der Waals surface area contributed by atoms with Gasteiger partial charge in [0, 0.05) is 32.6 Å². The number of carboxylic acids is 1. The molecule has 7 nitrogen and oxygen atoms in total. The quantitative estimate of drug-likeness (QED) is 0.845. The van der Waals surface area contributed by atoms with Crippen LogP contribution in [0.15, 0.2) is 30.3 Å². The van der Waals surface area contributed by atoms with Crippen LogP contribution in [0.5, 0.6) is 0 Å². The summed E-state index contributed by atoms with van der Waals surface area (Å²) in [6.45, 7) is 2.97. The number of carbonyl (C=O) groups is 3. The zero-order valence-electron chi connectivity index (χ0n) is 14.6. The molecule has 3 amide bonds. The molecule has 1 atom stereocenters. The van der Waals surface area contributed by atoms with Gasteiger partial charge in [0.05, 0.1) is 0 Å². The van der Waals surface area contributed by atoms with Crippen molar-refractivity contribution in [3.63, 3.8) is 0 Å². The van der Waals surface area contributed by atoms with Crippen LogP contribution in [0, 0.1) is 5.92 Å². The third kappa shape index (κ3) is 5.20. The second kappa shape index (κ2) is 8.50. The van der Waals surface area contributed by atoms with Gasteiger partial charge < -0.3 is 20.2 Å². The van der Waals surface area contributed by atoms with E-state index in [1.54, 1.807) is 16.8 Å². The summed E-state index contributed by atoms with van der Waals surface area (Å²) in [4.78, 5) is 38.8. The fraction of sp³-hybridized carbons (Fsp3) is 0.500. The van der Waals surface area contributed by atoms with Gasteiger partial charge in [0.15, 0.2) is 0 Å². The first-order valence-electron chi connectivity index (χ1n) is 8.45. The second-order valence-electron chi connectivity index (χ2n) is 6.45. The van der Waals surface area contributed by atoms with Crippen LogP contribution in [0.2, 0.25) is 0 Å². The van der Waals surface area contributed by atoms with E-state index in [0.29, 0.717) is 32.5 Å². The van der Waals surface area contributed by atoms with Crippen molar-refractivity contribution >= 4 is 17.9 Å². The van der Waals surface area contributed by atoms with E-state index in [1.807, 2.05) is 30.3 Å². The standard InChI is InChI=1S/C18H25N3O4/c1-13(17(23)24)19-16(22)15-8-10-21(11-9-15)18(25)20(2)12-14-6-4-3-5-7-14/h3-7,13,15H,8-12H2,1-2H3,(H,19,22)(H,23,24)/t13-/m0/s1. The van der Waals surface area contributed by atoms with E-state index in [-0.39, 0.29) is 17.9 Å². The second-order valence-corrected chi connectivity index (χ2v) is 6.45. The number of hydrogen-bond donors (Lipinski definition) is 2. The van der Waals surface area contributed by atoms with E-state index in [4.69, 9.17) is 5.11 Å². The Morgan fingerprint density at radius 1 is 1.24 bits per heavy atom. The van der Waals surface area contributed by atoms with E-state index in [0.717, 1.165) is 5.56 Å². The largest absolute Gasteiger partial charge is 0.480 e. The lowest BCUT2D eigenvalue weighted by molar-refractivity contribution is -0.142. The van der Waals surface area contributed by atoms with Crippen LogP contribution in [-0.4, -0.2) is 59.0 Å². The summed E-state index contributed by atoms with van der Waals surface area (Å²) in [6.07, 6.45) is 1.09. The van der Waals surface area contributed by atoms with Gasteiger partial charge in [-0.3, -0.25) is 9.59 Å². The first kappa shape index (κ1) is 18.8. The number of piperidine rings is 1. The molecule has 0 aliphatic carbocycles. The molecule has 1 aromatic rings. The van der Waals surface area contributed by atoms with Crippen molar-refractivity contribution in [2.24, 2.45) is 5.92 Å². The number of likely N-dealkylation sites (tertiary alicyclic amines) is 1. The maximum atomic E-state index is 12.5. The molecule has 0 saturated carbocycles. The first-order valence-corrected chi connectivity index (χ1v) is 8.45. The minimum Gasteiger partial charge on any atom is -0.480 e. The van der Waals surface area contributed by atoms with Gasteiger partial charge in [0.2, 0.25) is 5.91 Å². The van der Waals surface area contributed by atoms with Crippen LogP contribution in [0.3, 0.4) is 0 Å². The molecule has 136 valence electrons. The Kier molecular flexibility index (Phi) is 6.38. The van der Waals surface area contributed by atoms with Crippen LogP contribution in [0.25, 0.3) is 0 Å². The van der Waals surface area contributed by atoms with Crippen LogP contribution in [0.4, 0.5) is 4.79 Å². The highest BCUT2D eigenvalue weighted by Gasteiger charge is 2.29. The Balaban J connectivity index is 1.81. The molecule has 1 heterocycles. The highest BCUT2D eigenvalue weighted by molar-refractivity contribution is 5.85. The predicted octanol–water partition coefficient (Wildman–Crippen LogP) is 1.54. The van der Waals surface area contributed by atoms with Gasteiger partial charge in [-0.15, -0.1) is 0 Å². The van der Waals surface area contributed by atoms with Crippen LogP contribution in [0.1, 0.15) is 25.3 Å². The lowest BCUT2D eigenvalue weighted by Crippen LogP contribution is -2.48. The Bertz CT molecular complexity index is 612. The normalized spacial score (nSPS) is 16.2. The van der Waals surface area contributed by atoms with Crippen LogP contribution >= 0.6 is 0 Å². The number of nitrogens with one attached hydrogen (secondary N) is 1. The summed E-state index contributed by atoms with van der Waals surface area (Å²) in [5.74, 6) is -1.55. The average Bonchev–Trinajstić information content (AvgIpc) is 2.61. The van der Waals surface area contributed by atoms with Crippen LogP contribution in [-0.2, 0) is 16.1 Å². The molecule has 1 aromatic carbocycles. The number of aliphatic carboxylic acids is 1. The van der Waals surface area contributed by atoms with Crippen molar-refractivity contribution < 1.29 is 19.5 Å². The van der Waals surface area contributed by atoms with Crippen molar-refractivity contribution in [2.75, 3.05) is 20.1 Å². The smallest absolute Gasteiger partial charge is 0.325 e. The highest BCUT2D eigenvalue weighted by Crippen LogP contribution is 2.19. The van der Waals surface area contributed by atoms with Gasteiger partial charge in [-0.2, -0.15) is 0 Å². The number of rotatable bonds is 5. The van der Waals surface area contributed by atoms with E-state index >= 15 is 0 Å². The van der Waals surface area contributed by atoms with Crippen LogP contribution < -0.4 is 5.32 Å². The fourth-order valence-corrected chi connectivity index (χ4v) is 2.89. The van der Waals surface area contributed by atoms with E-state index in [2.05, 4.69) is 5.32 Å². The molecule has 0 unspecified atom stereocenters. The molecule has 1 saturated heterocycles. The predicted molar refractivity (Wildman–Crippen MR) is 92.8 cm³/mol. The SMILES string of the molecule is C[C@H](NC(=O)C1CCN(C(=O)N(C)Cc2ccccc2)CC1)C(=O)O. The summed E-state index contributed by atoms with van der Waals surface area (Å²) in [6, 6.07) is 8.82. The zero-order valence-corrected chi connectivity index (χ0v) is 14.6. The molecule has 0 aromatic heterocycles. The van der Waals surface area contributed by atoms with Crippen molar-refractivity contribution in [1.29, 1.82) is 0 Å². The summed E-state index contributed by atoms with van der Waals surface area (Å²) in [7, 11) is 1.77. The Labute approximate surface area is 147 Å². The van der Waals surface area contributed by atoms with Crippen molar-refractivity contribution in [3.8, 4) is 0 Å². The molecule has 0 bridgehead atoms. The first-order chi connectivity index (χ1) is 11.9. The monoisotopic (exact) mass is 347 g/mol. The Hall–Kier alpha value is -2.57. The molecule has 2 N–H and O–H groups in total. The van der Waals surface area contributed by atoms with Crippen molar-refractivity contribution in [3.05, 3.63) is 35.9 Å². The Morgan fingerprint density at radius 3 is 2.40 bits per heavy atom. The average molecular weight is 347 g/mol. The molecule has 2 rings (SSSR count). The molecular weight excluding hydrogens is 322 g/mol. The minimum atomic E-state index is -1.05. The topological polar surface area (TPSA) is 90.0 Å². The third-order valence-corrected chi connectivity index (χ3v) is 4.45. The zero-order chi connectivity index (χ0) is 18.4. The number of carboxylic acid groups (broad SMARTS) is 1. The molecule has 1 aliphatic rings. The molecular formula is C18H25N3O4. The van der Waals surface area contributed by atoms with Crippen molar-refractivity contribution in [2.45, 2.75) is 32.4 Å². The molecule has 0 radical (unpaired) electrons. The van der Waals surface area contributed by atoms with Gasteiger partial charge in [0.1, 0.15) is 6.04 Å². The maximum Gasteiger partial charge on any atom is 0.325 e. The number of carbonyl (C=O) groups excluding carboxylic acids is 2. The van der Waals surface area contributed by atoms with Gasteiger partial charge in [-0.05, 0) is 25.3 Å². The number of amides is 3. The lowest BCUT2D eigenvalue weighted by atomic mass is 9.96. The van der Waals surface area contributed by atoms with Gasteiger partial charge >= 0.3 is 12.0 Å². The number of hydrogen-bond acceptors (Lipinski definition) is 3. The van der Waals surface area contributed by atoms with E-state index in [9.17, 15) is 14.4 Å². The van der Waals surface area contributed by atoms with Gasteiger partial charge in [-0.1, -0.05) is 30.3 Å². The van der Waals surface area contributed by atoms with Gasteiger partial charge in [0.25, 0.3) is 0 Å². The minimum absolute atomic E-state index is 0.0541. The van der Waals surface area contributed by atoms with Gasteiger partial charge in [-0.25, -0.2) is 4.79 Å². The molecule has 0 spiro atoms. The lowest BCUT2D eigenvalue weighted by Gasteiger charge is -2.34. The maximum absolute atomic E-state index is 12.5. The summed E-state index contributed by atoms with van der Waals surface area (Å²) in [5, 5.41) is 11.3. The molecule has 7 heteroatoms. The summed E-state index contributed by atoms with van der Waals surface area (Å²) < 4.78 is 0. The summed E-state index contributed by atoms with van der Waals surface area (Å²) >= 11 is 0. The van der Waals surface area contributed by atoms with E-state index in [1.165, 1.54) is 6.92 Å². The molecule has 25 heavy (non-hydrogen) atoms. The molecule has 1 aliphatic heterocycles.